The molecule has 6 nitrogen and oxygen atoms in total. The molecule has 0 saturated carbocycles. The number of ether oxygens (including phenoxy) is 1. The first-order valence-electron chi connectivity index (χ1n) is 8.19. The highest BCUT2D eigenvalue weighted by molar-refractivity contribution is 8.00. The third-order valence-corrected chi connectivity index (χ3v) is 5.69. The van der Waals surface area contributed by atoms with Crippen LogP contribution >= 0.6 is 11.8 Å². The molecule has 0 amide bonds. The quantitative estimate of drug-likeness (QED) is 0.797. The molecule has 0 bridgehead atoms. The molecule has 3 atom stereocenters. The number of benzene rings is 1. The molecular weight excluding hydrogens is 352 g/mol. The van der Waals surface area contributed by atoms with Crippen LogP contribution in [0.15, 0.2) is 44.9 Å². The van der Waals surface area contributed by atoms with Gasteiger partial charge in [-0.3, -0.25) is 14.3 Å². The number of aliphatic hydroxyl groups excluding tert-OH is 1. The first kappa shape index (κ1) is 18.5. The van der Waals surface area contributed by atoms with Crippen LogP contribution in [0.5, 0.6) is 0 Å². The molecule has 0 unspecified atom stereocenters. The monoisotopic (exact) mass is 372 g/mol. The molecule has 1 aromatic carbocycles. The van der Waals surface area contributed by atoms with Gasteiger partial charge in [0.1, 0.15) is 0 Å². The van der Waals surface area contributed by atoms with Gasteiger partial charge in [0.25, 0.3) is 5.56 Å². The normalized spacial score (nSPS) is 25.2. The minimum absolute atomic E-state index is 0.205. The van der Waals surface area contributed by atoms with Crippen LogP contribution in [-0.4, -0.2) is 32.1 Å². The number of aromatic nitrogens is 2. The summed E-state index contributed by atoms with van der Waals surface area (Å²) in [4.78, 5) is 27.3. The van der Waals surface area contributed by atoms with Gasteiger partial charge in [0.2, 0.25) is 0 Å². The van der Waals surface area contributed by atoms with Crippen molar-refractivity contribution in [3.63, 3.8) is 0 Å². The lowest BCUT2D eigenvalue weighted by molar-refractivity contribution is -0.0641. The van der Waals surface area contributed by atoms with Crippen LogP contribution in [0.4, 0.5) is 0 Å². The zero-order valence-electron chi connectivity index (χ0n) is 14.6. The summed E-state index contributed by atoms with van der Waals surface area (Å²) in [6.07, 6.45) is 6.75. The highest BCUT2D eigenvalue weighted by Gasteiger charge is 2.47. The third kappa shape index (κ3) is 3.49. The standard InChI is InChI=1S/C19H20N2O4S/c1-4-19(11-22)9-15(26-14-7-5-12(2)6-8-14)17(25-19)21-10-13(3)16(23)20-18(21)24/h1,5-8,10,15,17,22H,9,11H2,2-3H3,(H,20,23,24)/t15-,17-,19+/m1/s1. The lowest BCUT2D eigenvalue weighted by atomic mass is 10.0. The van der Waals surface area contributed by atoms with Gasteiger partial charge >= 0.3 is 5.69 Å². The first-order valence-corrected chi connectivity index (χ1v) is 9.07. The molecule has 1 aliphatic heterocycles. The van der Waals surface area contributed by atoms with Gasteiger partial charge < -0.3 is 9.84 Å². The van der Waals surface area contributed by atoms with Crippen molar-refractivity contribution in [2.45, 2.75) is 42.2 Å². The minimum atomic E-state index is -1.16. The average molecular weight is 372 g/mol. The van der Waals surface area contributed by atoms with Crippen molar-refractivity contribution in [3.05, 3.63) is 62.4 Å². The number of rotatable bonds is 4. The molecule has 7 heteroatoms. The molecule has 1 saturated heterocycles. The molecule has 136 valence electrons. The molecule has 2 aromatic rings. The number of hydrogen-bond acceptors (Lipinski definition) is 5. The summed E-state index contributed by atoms with van der Waals surface area (Å²) in [7, 11) is 0. The molecule has 0 radical (unpaired) electrons. The van der Waals surface area contributed by atoms with Gasteiger partial charge in [-0.25, -0.2) is 4.79 Å². The summed E-state index contributed by atoms with van der Waals surface area (Å²) in [5.41, 5.74) is -0.608. The fraction of sp³-hybridized carbons (Fsp3) is 0.368. The lowest BCUT2D eigenvalue weighted by Gasteiger charge is -2.22. The SMILES string of the molecule is C#C[C@@]1(CO)C[C@@H](Sc2ccc(C)cc2)[C@H](n2cc(C)c(=O)[nH]c2=O)O1. The van der Waals surface area contributed by atoms with Crippen LogP contribution in [-0.2, 0) is 4.74 Å². The van der Waals surface area contributed by atoms with E-state index in [1.54, 1.807) is 6.92 Å². The number of hydrogen-bond donors (Lipinski definition) is 2. The summed E-state index contributed by atoms with van der Waals surface area (Å²) >= 11 is 1.53. The fourth-order valence-electron chi connectivity index (χ4n) is 2.92. The fourth-order valence-corrected chi connectivity index (χ4v) is 4.22. The largest absolute Gasteiger partial charge is 0.392 e. The summed E-state index contributed by atoms with van der Waals surface area (Å²) in [5, 5.41) is 9.54. The maximum Gasteiger partial charge on any atom is 0.330 e. The van der Waals surface area contributed by atoms with E-state index in [2.05, 4.69) is 10.9 Å². The van der Waals surface area contributed by atoms with E-state index in [4.69, 9.17) is 11.2 Å². The Morgan fingerprint density at radius 2 is 2.08 bits per heavy atom. The second kappa shape index (κ2) is 7.16. The molecule has 0 spiro atoms. The minimum Gasteiger partial charge on any atom is -0.392 e. The first-order chi connectivity index (χ1) is 12.4. The smallest absolute Gasteiger partial charge is 0.330 e. The van der Waals surface area contributed by atoms with Crippen LogP contribution in [0, 0.1) is 26.2 Å². The van der Waals surface area contributed by atoms with E-state index in [9.17, 15) is 14.7 Å². The van der Waals surface area contributed by atoms with Gasteiger partial charge in [-0.1, -0.05) is 23.6 Å². The Hall–Kier alpha value is -2.27. The Balaban J connectivity index is 2.00. The van der Waals surface area contributed by atoms with Crippen molar-refractivity contribution in [3.8, 4) is 12.3 Å². The molecule has 26 heavy (non-hydrogen) atoms. The van der Waals surface area contributed by atoms with Gasteiger partial charge in [0, 0.05) is 23.1 Å². The summed E-state index contributed by atoms with van der Waals surface area (Å²) in [6, 6.07) is 7.99. The van der Waals surface area contributed by atoms with Crippen LogP contribution in [0.25, 0.3) is 0 Å². The van der Waals surface area contributed by atoms with E-state index < -0.39 is 23.1 Å². The third-order valence-electron chi connectivity index (χ3n) is 4.44. The number of aliphatic hydroxyl groups is 1. The molecular formula is C19H20N2O4S. The van der Waals surface area contributed by atoms with Crippen molar-refractivity contribution in [2.75, 3.05) is 6.61 Å². The van der Waals surface area contributed by atoms with Gasteiger partial charge in [-0.05, 0) is 26.0 Å². The Morgan fingerprint density at radius 3 is 2.69 bits per heavy atom. The lowest BCUT2D eigenvalue weighted by Crippen LogP contribution is -2.37. The van der Waals surface area contributed by atoms with Crippen molar-refractivity contribution in [1.82, 2.24) is 9.55 Å². The van der Waals surface area contributed by atoms with Crippen molar-refractivity contribution < 1.29 is 9.84 Å². The second-order valence-corrected chi connectivity index (χ2v) is 7.77. The molecule has 1 fully saturated rings. The molecule has 1 aliphatic rings. The van der Waals surface area contributed by atoms with E-state index >= 15 is 0 Å². The Kier molecular flexibility index (Phi) is 5.10. The molecule has 2 N–H and O–H groups in total. The van der Waals surface area contributed by atoms with E-state index in [0.717, 1.165) is 10.5 Å². The highest BCUT2D eigenvalue weighted by atomic mass is 32.2. The Bertz CT molecular complexity index is 957. The number of nitrogens with zero attached hydrogens (tertiary/aromatic N) is 1. The summed E-state index contributed by atoms with van der Waals surface area (Å²) in [6.45, 7) is 3.28. The second-order valence-electron chi connectivity index (χ2n) is 6.46. The zero-order valence-corrected chi connectivity index (χ0v) is 15.4. The van der Waals surface area contributed by atoms with Crippen molar-refractivity contribution in [1.29, 1.82) is 0 Å². The Labute approximate surface area is 155 Å². The topological polar surface area (TPSA) is 84.3 Å². The van der Waals surface area contributed by atoms with Gasteiger partial charge in [-0.15, -0.1) is 18.2 Å². The molecule has 2 heterocycles. The van der Waals surface area contributed by atoms with Crippen LogP contribution in [0.2, 0.25) is 0 Å². The van der Waals surface area contributed by atoms with E-state index in [1.165, 1.54) is 22.5 Å². The van der Waals surface area contributed by atoms with E-state index in [-0.39, 0.29) is 11.9 Å². The van der Waals surface area contributed by atoms with Crippen molar-refractivity contribution >= 4 is 11.8 Å². The maximum atomic E-state index is 12.3. The molecule has 1 aromatic heterocycles. The number of H-pyrrole nitrogens is 1. The number of thioether (sulfide) groups is 1. The number of nitrogens with one attached hydrogen (secondary N) is 1. The van der Waals surface area contributed by atoms with E-state index in [1.807, 2.05) is 31.2 Å². The van der Waals surface area contributed by atoms with Gasteiger partial charge in [-0.2, -0.15) is 0 Å². The number of aromatic amines is 1. The summed E-state index contributed by atoms with van der Waals surface area (Å²) < 4.78 is 7.30. The average Bonchev–Trinajstić information content (AvgIpc) is 2.99. The van der Waals surface area contributed by atoms with Crippen LogP contribution in [0.1, 0.15) is 23.8 Å². The van der Waals surface area contributed by atoms with Crippen LogP contribution in [0.3, 0.4) is 0 Å². The number of terminal acetylenes is 1. The predicted molar refractivity (Wildman–Crippen MR) is 100 cm³/mol. The van der Waals surface area contributed by atoms with Gasteiger partial charge in [0.15, 0.2) is 11.8 Å². The van der Waals surface area contributed by atoms with E-state index in [0.29, 0.717) is 12.0 Å². The number of aryl methyl sites for hydroxylation is 2. The van der Waals surface area contributed by atoms with Crippen molar-refractivity contribution in [2.24, 2.45) is 0 Å². The predicted octanol–water partition coefficient (Wildman–Crippen LogP) is 1.60. The van der Waals surface area contributed by atoms with Crippen LogP contribution < -0.4 is 11.2 Å². The van der Waals surface area contributed by atoms with Gasteiger partial charge in [0.05, 0.1) is 11.9 Å². The summed E-state index contributed by atoms with van der Waals surface area (Å²) in [5.74, 6) is 2.52. The zero-order chi connectivity index (χ0) is 18.9. The maximum absolute atomic E-state index is 12.3. The molecule has 0 aliphatic carbocycles. The highest BCUT2D eigenvalue weighted by Crippen LogP contribution is 2.44. The molecule has 3 rings (SSSR count). The Morgan fingerprint density at radius 1 is 1.38 bits per heavy atom.